The van der Waals surface area contributed by atoms with E-state index in [-0.39, 0.29) is 20.1 Å². The van der Waals surface area contributed by atoms with Crippen molar-refractivity contribution in [2.75, 3.05) is 0 Å². The van der Waals surface area contributed by atoms with Crippen molar-refractivity contribution in [3.63, 3.8) is 0 Å². The van der Waals surface area contributed by atoms with Crippen molar-refractivity contribution >= 4 is 22.0 Å². The zero-order valence-corrected chi connectivity index (χ0v) is 34.8. The standard InChI is InChI=1S/C42H31N2O.C11H8N.Ir/c1-27-23-33(30-15-6-4-7-16-30)41(34(24-27)31-17-8-5-9-18-31)44-38-20-11-10-19-37(38)43-42(44)36-26-45-39-22-21-32(25-35(36)39)40-28(2)13-12-14-29(40)3;1-2-6-10(7-3-1)11-8-4-5-9-12-11;/h4-25H,1-3H3;1-6,8-9H;/q2*-1;. The van der Waals surface area contributed by atoms with E-state index in [4.69, 9.17) is 9.40 Å². The normalized spacial score (nSPS) is 10.9. The molecule has 0 unspecified atom stereocenters. The van der Waals surface area contributed by atoms with Crippen LogP contribution in [0.3, 0.4) is 0 Å². The molecule has 0 saturated heterocycles. The maximum absolute atomic E-state index is 6.11. The fourth-order valence-corrected chi connectivity index (χ4v) is 7.76. The number of imidazole rings is 1. The maximum Gasteiger partial charge on any atom is 0.0774 e. The summed E-state index contributed by atoms with van der Waals surface area (Å²) in [4.78, 5) is 9.50. The van der Waals surface area contributed by atoms with Crippen LogP contribution in [0.25, 0.3) is 83.7 Å². The van der Waals surface area contributed by atoms with Gasteiger partial charge in [0.05, 0.1) is 22.5 Å². The van der Waals surface area contributed by atoms with E-state index < -0.39 is 0 Å². The van der Waals surface area contributed by atoms with Gasteiger partial charge in [-0.15, -0.1) is 35.9 Å². The summed E-state index contributed by atoms with van der Waals surface area (Å²) in [6.07, 6.45) is 5.07. The molecule has 0 fully saturated rings. The van der Waals surface area contributed by atoms with E-state index in [0.717, 1.165) is 78.2 Å². The maximum atomic E-state index is 6.11. The second-order valence-electron chi connectivity index (χ2n) is 14.2. The van der Waals surface area contributed by atoms with E-state index in [0.29, 0.717) is 0 Å². The van der Waals surface area contributed by atoms with Gasteiger partial charge in [-0.25, -0.2) is 0 Å². The molecule has 3 heterocycles. The Hall–Kier alpha value is -6.65. The third kappa shape index (κ3) is 7.46. The Bertz CT molecular complexity index is 2850. The Balaban J connectivity index is 0.000000309. The molecule has 3 aromatic heterocycles. The first-order chi connectivity index (χ1) is 28.0. The van der Waals surface area contributed by atoms with E-state index in [1.165, 1.54) is 22.3 Å². The molecule has 5 heteroatoms. The fraction of sp³-hybridized carbons (Fsp3) is 0.0566. The first-order valence-corrected chi connectivity index (χ1v) is 19.2. The number of fused-ring (bicyclic) bond motifs is 2. The number of nitrogens with zero attached hydrogens (tertiary/aromatic N) is 3. The number of hydrogen-bond donors (Lipinski definition) is 0. The summed E-state index contributed by atoms with van der Waals surface area (Å²) in [5.74, 6) is 0.798. The van der Waals surface area contributed by atoms with Crippen LogP contribution in [0.2, 0.25) is 0 Å². The molecule has 0 atom stereocenters. The summed E-state index contributed by atoms with van der Waals surface area (Å²) in [6, 6.07) is 63.9. The molecule has 0 aliphatic carbocycles. The molecular formula is C53H39IrN3O-2. The molecule has 283 valence electrons. The molecule has 0 aliphatic rings. The van der Waals surface area contributed by atoms with Crippen LogP contribution >= 0.6 is 0 Å². The van der Waals surface area contributed by atoms with Crippen molar-refractivity contribution in [2.45, 2.75) is 20.8 Å². The fourth-order valence-electron chi connectivity index (χ4n) is 7.76. The molecular weight excluding hydrogens is 887 g/mol. The molecule has 10 aromatic rings. The van der Waals surface area contributed by atoms with Crippen molar-refractivity contribution in [1.82, 2.24) is 14.5 Å². The smallest absolute Gasteiger partial charge is 0.0774 e. The van der Waals surface area contributed by atoms with Gasteiger partial charge < -0.3 is 14.0 Å². The van der Waals surface area contributed by atoms with Crippen LogP contribution in [-0.2, 0) is 20.1 Å². The largest absolute Gasteiger partial charge is 0.557 e. The number of benzene rings is 7. The molecule has 1 radical (unpaired) electrons. The Morgan fingerprint density at radius 3 is 1.90 bits per heavy atom. The van der Waals surface area contributed by atoms with Crippen LogP contribution in [0.5, 0.6) is 0 Å². The Kier molecular flexibility index (Phi) is 11.1. The van der Waals surface area contributed by atoms with Crippen molar-refractivity contribution in [3.05, 3.63) is 211 Å². The predicted molar refractivity (Wildman–Crippen MR) is 234 cm³/mol. The molecule has 10 rings (SSSR count). The van der Waals surface area contributed by atoms with Crippen LogP contribution in [0.1, 0.15) is 16.7 Å². The second kappa shape index (κ2) is 16.8. The van der Waals surface area contributed by atoms with Gasteiger partial charge in [-0.1, -0.05) is 132 Å². The predicted octanol–water partition coefficient (Wildman–Crippen LogP) is 13.7. The third-order valence-corrected chi connectivity index (χ3v) is 10.4. The summed E-state index contributed by atoms with van der Waals surface area (Å²) < 4.78 is 8.42. The van der Waals surface area contributed by atoms with E-state index in [1.807, 2.05) is 48.5 Å². The summed E-state index contributed by atoms with van der Waals surface area (Å²) in [6.45, 7) is 6.51. The van der Waals surface area contributed by atoms with Crippen LogP contribution in [0.15, 0.2) is 187 Å². The Morgan fingerprint density at radius 1 is 0.586 bits per heavy atom. The number of para-hydroxylation sites is 2. The van der Waals surface area contributed by atoms with Crippen LogP contribution < -0.4 is 0 Å². The number of pyridine rings is 1. The molecule has 0 N–H and O–H groups in total. The van der Waals surface area contributed by atoms with E-state index >= 15 is 0 Å². The minimum absolute atomic E-state index is 0. The van der Waals surface area contributed by atoms with Gasteiger partial charge in [0.1, 0.15) is 0 Å². The van der Waals surface area contributed by atoms with Gasteiger partial charge >= 0.3 is 0 Å². The van der Waals surface area contributed by atoms with Gasteiger partial charge in [-0.05, 0) is 95.7 Å². The summed E-state index contributed by atoms with van der Waals surface area (Å²) >= 11 is 0. The zero-order chi connectivity index (χ0) is 38.7. The summed E-state index contributed by atoms with van der Waals surface area (Å²) in [5.41, 5.74) is 17.3. The molecule has 0 amide bonds. The number of rotatable bonds is 6. The first kappa shape index (κ1) is 38.2. The van der Waals surface area contributed by atoms with Crippen molar-refractivity contribution < 1.29 is 24.5 Å². The second-order valence-corrected chi connectivity index (χ2v) is 14.2. The SMILES string of the molecule is Cc1cc(-c2ccccc2)c(-n2c(-c3[c-]oc4ccc(-c5c(C)cccc5C)cc34)nc3ccccc32)c(-c2ccccc2)c1.[Ir].[c-]1ccccc1-c1ccccn1. The van der Waals surface area contributed by atoms with E-state index in [2.05, 4.69) is 170 Å². The summed E-state index contributed by atoms with van der Waals surface area (Å²) in [5, 5.41) is 0.987. The zero-order valence-electron chi connectivity index (χ0n) is 32.4. The average Bonchev–Trinajstić information content (AvgIpc) is 3.86. The van der Waals surface area contributed by atoms with Gasteiger partial charge in [0.2, 0.25) is 0 Å². The first-order valence-electron chi connectivity index (χ1n) is 19.2. The minimum atomic E-state index is 0. The molecule has 0 spiro atoms. The number of aryl methyl sites for hydroxylation is 3. The van der Waals surface area contributed by atoms with Gasteiger partial charge in [-0.2, -0.15) is 0 Å². The van der Waals surface area contributed by atoms with Crippen molar-refractivity contribution in [2.24, 2.45) is 0 Å². The van der Waals surface area contributed by atoms with Gasteiger partial charge in [-0.3, -0.25) is 4.98 Å². The Morgan fingerprint density at radius 2 is 1.24 bits per heavy atom. The van der Waals surface area contributed by atoms with Crippen molar-refractivity contribution in [1.29, 1.82) is 0 Å². The summed E-state index contributed by atoms with van der Waals surface area (Å²) in [7, 11) is 0. The number of hydrogen-bond acceptors (Lipinski definition) is 3. The van der Waals surface area contributed by atoms with Crippen LogP contribution in [0, 0.1) is 33.1 Å². The average molecular weight is 926 g/mol. The minimum Gasteiger partial charge on any atom is -0.557 e. The van der Waals surface area contributed by atoms with E-state index in [9.17, 15) is 0 Å². The quantitative estimate of drug-likeness (QED) is 0.156. The third-order valence-electron chi connectivity index (χ3n) is 10.4. The van der Waals surface area contributed by atoms with Crippen LogP contribution in [-0.4, -0.2) is 14.5 Å². The van der Waals surface area contributed by atoms with Gasteiger partial charge in [0, 0.05) is 49.3 Å². The molecule has 0 saturated carbocycles. The van der Waals surface area contributed by atoms with Gasteiger partial charge in [0.25, 0.3) is 0 Å². The topological polar surface area (TPSA) is 43.9 Å². The number of furan rings is 1. The molecule has 4 nitrogen and oxygen atoms in total. The molecule has 0 aliphatic heterocycles. The van der Waals surface area contributed by atoms with Crippen molar-refractivity contribution in [3.8, 4) is 61.7 Å². The molecule has 58 heavy (non-hydrogen) atoms. The Labute approximate surface area is 352 Å². The van der Waals surface area contributed by atoms with Gasteiger partial charge in [0.15, 0.2) is 0 Å². The molecule has 7 aromatic carbocycles. The number of aromatic nitrogens is 3. The monoisotopic (exact) mass is 926 g/mol. The van der Waals surface area contributed by atoms with Crippen LogP contribution in [0.4, 0.5) is 0 Å². The van der Waals surface area contributed by atoms with E-state index in [1.54, 1.807) is 6.20 Å². The molecule has 0 bridgehead atoms.